The van der Waals surface area contributed by atoms with Crippen LogP contribution in [-0.4, -0.2) is 38.8 Å². The van der Waals surface area contributed by atoms with Gasteiger partial charge in [0, 0.05) is 6.20 Å². The van der Waals surface area contributed by atoms with E-state index in [9.17, 15) is 9.59 Å². The first-order chi connectivity index (χ1) is 13.9. The Morgan fingerprint density at radius 1 is 1.10 bits per heavy atom. The summed E-state index contributed by atoms with van der Waals surface area (Å²) in [6.07, 6.45) is 5.67. The number of fused-ring (bicyclic) bond motifs is 1. The molecule has 152 valence electrons. The van der Waals surface area contributed by atoms with Gasteiger partial charge in [0.05, 0.1) is 24.1 Å². The molecule has 1 aromatic heterocycles. The number of piperazine rings is 1. The van der Waals surface area contributed by atoms with Gasteiger partial charge in [-0.2, -0.15) is 0 Å². The molecule has 4 rings (SSSR count). The lowest BCUT2D eigenvalue weighted by Crippen LogP contribution is -2.65. The average Bonchev–Trinajstić information content (AvgIpc) is 3.12. The minimum Gasteiger partial charge on any atom is -0.342 e. The van der Waals surface area contributed by atoms with Crippen LogP contribution in [0, 0.1) is 18.8 Å². The molecule has 6 nitrogen and oxygen atoms in total. The molecule has 2 heterocycles. The largest absolute Gasteiger partial charge is 0.342 e. The summed E-state index contributed by atoms with van der Waals surface area (Å²) in [4.78, 5) is 37.0. The van der Waals surface area contributed by atoms with E-state index >= 15 is 0 Å². The molecule has 0 unspecified atom stereocenters. The summed E-state index contributed by atoms with van der Waals surface area (Å²) in [5.41, 5.74) is 4.09. The van der Waals surface area contributed by atoms with Crippen molar-refractivity contribution in [3.8, 4) is 0 Å². The molecule has 6 heteroatoms. The Bertz CT molecular complexity index is 884. The highest BCUT2D eigenvalue weighted by atomic mass is 16.2. The number of aromatic nitrogens is 2. The van der Waals surface area contributed by atoms with Crippen LogP contribution in [0.15, 0.2) is 36.7 Å². The van der Waals surface area contributed by atoms with Gasteiger partial charge in [-0.15, -0.1) is 0 Å². The zero-order valence-electron chi connectivity index (χ0n) is 17.3. The molecule has 1 aromatic carbocycles. The Labute approximate surface area is 171 Å². The fourth-order valence-electron chi connectivity index (χ4n) is 4.48. The highest BCUT2D eigenvalue weighted by molar-refractivity contribution is 5.97. The number of rotatable bonds is 5. The third kappa shape index (κ3) is 4.02. The minimum absolute atomic E-state index is 0.00423. The second-order valence-electron chi connectivity index (χ2n) is 8.68. The SMILES string of the molecule is Cc1cnc(CN2C(=O)[C@@H](C3Cc4ccccc4C3)NC(=O)[C@H]2CC(C)C)cn1. The summed E-state index contributed by atoms with van der Waals surface area (Å²) >= 11 is 0. The van der Waals surface area contributed by atoms with E-state index in [2.05, 4.69) is 41.3 Å². The molecule has 1 aliphatic carbocycles. The smallest absolute Gasteiger partial charge is 0.246 e. The number of nitrogens with one attached hydrogen (secondary N) is 1. The van der Waals surface area contributed by atoms with Crippen LogP contribution < -0.4 is 5.32 Å². The maximum absolute atomic E-state index is 13.5. The first-order valence-corrected chi connectivity index (χ1v) is 10.4. The van der Waals surface area contributed by atoms with Gasteiger partial charge in [0.1, 0.15) is 12.1 Å². The molecule has 1 N–H and O–H groups in total. The van der Waals surface area contributed by atoms with Gasteiger partial charge in [-0.3, -0.25) is 19.6 Å². The lowest BCUT2D eigenvalue weighted by molar-refractivity contribution is -0.152. The van der Waals surface area contributed by atoms with Crippen molar-refractivity contribution in [2.45, 2.75) is 58.7 Å². The van der Waals surface area contributed by atoms with Crippen LogP contribution in [0.2, 0.25) is 0 Å². The molecule has 2 atom stereocenters. The summed E-state index contributed by atoms with van der Waals surface area (Å²) in [5, 5.41) is 3.06. The average molecular weight is 393 g/mol. The lowest BCUT2D eigenvalue weighted by Gasteiger charge is -2.41. The second-order valence-corrected chi connectivity index (χ2v) is 8.68. The molecule has 0 saturated carbocycles. The van der Waals surface area contributed by atoms with E-state index in [0.29, 0.717) is 24.6 Å². The molecule has 29 heavy (non-hydrogen) atoms. The van der Waals surface area contributed by atoms with Gasteiger partial charge in [-0.1, -0.05) is 38.1 Å². The van der Waals surface area contributed by atoms with Crippen molar-refractivity contribution in [1.29, 1.82) is 0 Å². The van der Waals surface area contributed by atoms with E-state index in [-0.39, 0.29) is 17.7 Å². The van der Waals surface area contributed by atoms with E-state index in [1.165, 1.54) is 11.1 Å². The predicted octanol–water partition coefficient (Wildman–Crippen LogP) is 2.44. The number of nitrogens with zero attached hydrogens (tertiary/aromatic N) is 3. The van der Waals surface area contributed by atoms with Crippen LogP contribution in [0.4, 0.5) is 0 Å². The number of hydrogen-bond donors (Lipinski definition) is 1. The zero-order valence-corrected chi connectivity index (χ0v) is 17.3. The first kappa shape index (κ1) is 19.6. The number of benzene rings is 1. The molecule has 2 aromatic rings. The Morgan fingerprint density at radius 2 is 1.79 bits per heavy atom. The quantitative estimate of drug-likeness (QED) is 0.848. The zero-order chi connectivity index (χ0) is 20.5. The van der Waals surface area contributed by atoms with Crippen molar-refractivity contribution in [2.24, 2.45) is 11.8 Å². The number of aryl methyl sites for hydroxylation is 1. The van der Waals surface area contributed by atoms with Gasteiger partial charge in [0.25, 0.3) is 0 Å². The van der Waals surface area contributed by atoms with Crippen molar-refractivity contribution < 1.29 is 9.59 Å². The highest BCUT2D eigenvalue weighted by Gasteiger charge is 2.45. The van der Waals surface area contributed by atoms with E-state index < -0.39 is 12.1 Å². The summed E-state index contributed by atoms with van der Waals surface area (Å²) in [6, 6.07) is 7.34. The molecule has 2 aliphatic rings. The fraction of sp³-hybridized carbons (Fsp3) is 0.478. The van der Waals surface area contributed by atoms with Crippen molar-refractivity contribution in [3.05, 3.63) is 59.2 Å². The van der Waals surface area contributed by atoms with Gasteiger partial charge >= 0.3 is 0 Å². The van der Waals surface area contributed by atoms with Crippen molar-refractivity contribution in [3.63, 3.8) is 0 Å². The van der Waals surface area contributed by atoms with Crippen LogP contribution in [0.25, 0.3) is 0 Å². The maximum atomic E-state index is 13.5. The van der Waals surface area contributed by atoms with E-state index in [4.69, 9.17) is 0 Å². The van der Waals surface area contributed by atoms with Crippen molar-refractivity contribution in [1.82, 2.24) is 20.2 Å². The molecule has 1 saturated heterocycles. The van der Waals surface area contributed by atoms with Gasteiger partial charge in [0.15, 0.2) is 0 Å². The van der Waals surface area contributed by atoms with E-state index in [1.54, 1.807) is 17.3 Å². The van der Waals surface area contributed by atoms with Crippen LogP contribution >= 0.6 is 0 Å². The molecular formula is C23H28N4O2. The van der Waals surface area contributed by atoms with Gasteiger partial charge in [-0.05, 0) is 49.1 Å². The third-order valence-electron chi connectivity index (χ3n) is 5.94. The Balaban J connectivity index is 1.59. The first-order valence-electron chi connectivity index (χ1n) is 10.4. The second kappa shape index (κ2) is 7.93. The summed E-state index contributed by atoms with van der Waals surface area (Å²) in [6.45, 7) is 6.33. The topological polar surface area (TPSA) is 75.2 Å². The van der Waals surface area contributed by atoms with Crippen molar-refractivity contribution >= 4 is 11.8 Å². The number of carbonyl (C=O) groups excluding carboxylic acids is 2. The standard InChI is InChI=1S/C23H28N4O2/c1-14(2)8-20-22(28)26-21(18-9-16-6-4-5-7-17(16)10-18)23(29)27(20)13-19-12-24-15(3)11-25-19/h4-7,11-12,14,18,20-21H,8-10,13H2,1-3H3,(H,26,28)/t20-,21-/m1/s1. The summed E-state index contributed by atoms with van der Waals surface area (Å²) in [5.74, 6) is 0.336. The summed E-state index contributed by atoms with van der Waals surface area (Å²) in [7, 11) is 0. The maximum Gasteiger partial charge on any atom is 0.246 e. The molecule has 1 fully saturated rings. The molecule has 1 aliphatic heterocycles. The third-order valence-corrected chi connectivity index (χ3v) is 5.94. The van der Waals surface area contributed by atoms with Crippen molar-refractivity contribution in [2.75, 3.05) is 0 Å². The number of carbonyl (C=O) groups is 2. The predicted molar refractivity (Wildman–Crippen MR) is 110 cm³/mol. The number of amides is 2. The minimum atomic E-state index is -0.489. The normalized spacial score (nSPS) is 22.1. The molecule has 0 radical (unpaired) electrons. The Morgan fingerprint density at radius 3 is 2.38 bits per heavy atom. The molecule has 0 bridgehead atoms. The molecule has 0 spiro atoms. The number of hydrogen-bond acceptors (Lipinski definition) is 4. The van der Waals surface area contributed by atoms with Crippen LogP contribution in [0.5, 0.6) is 0 Å². The van der Waals surface area contributed by atoms with Crippen LogP contribution in [0.3, 0.4) is 0 Å². The van der Waals surface area contributed by atoms with Gasteiger partial charge < -0.3 is 10.2 Å². The van der Waals surface area contributed by atoms with Gasteiger partial charge in [0.2, 0.25) is 11.8 Å². The monoisotopic (exact) mass is 392 g/mol. The fourth-order valence-corrected chi connectivity index (χ4v) is 4.48. The molecule has 2 amide bonds. The molecular weight excluding hydrogens is 364 g/mol. The van der Waals surface area contributed by atoms with Crippen LogP contribution in [-0.2, 0) is 29.0 Å². The highest BCUT2D eigenvalue weighted by Crippen LogP contribution is 2.32. The van der Waals surface area contributed by atoms with Gasteiger partial charge in [-0.25, -0.2) is 0 Å². The van der Waals surface area contributed by atoms with E-state index in [0.717, 1.165) is 18.5 Å². The Kier molecular flexibility index (Phi) is 5.35. The summed E-state index contributed by atoms with van der Waals surface area (Å²) < 4.78 is 0. The lowest BCUT2D eigenvalue weighted by atomic mass is 9.90. The van der Waals surface area contributed by atoms with Crippen LogP contribution in [0.1, 0.15) is 42.8 Å². The van der Waals surface area contributed by atoms with E-state index in [1.807, 2.05) is 19.1 Å². The Hall–Kier alpha value is -2.76.